The maximum atomic E-state index is 5.84. The number of hydrogen-bond acceptors (Lipinski definition) is 4. The summed E-state index contributed by atoms with van der Waals surface area (Å²) in [7, 11) is 3.33. The Balaban J connectivity index is 2.41. The van der Waals surface area contributed by atoms with E-state index in [1.165, 1.54) is 19.3 Å². The van der Waals surface area contributed by atoms with Gasteiger partial charge in [-0.2, -0.15) is 0 Å². The van der Waals surface area contributed by atoms with Crippen molar-refractivity contribution < 1.29 is 9.47 Å². The predicted octanol–water partition coefficient (Wildman–Crippen LogP) is 3.41. The number of hydrogen-bond donors (Lipinski definition) is 2. The Morgan fingerprint density at radius 3 is 2.55 bits per heavy atom. The van der Waals surface area contributed by atoms with E-state index in [2.05, 4.69) is 28.3 Å². The molecule has 0 bridgehead atoms. The zero-order chi connectivity index (χ0) is 14.7. The van der Waals surface area contributed by atoms with E-state index in [1.54, 1.807) is 14.2 Å². The topological polar surface area (TPSA) is 56.5 Å². The standard InChI is InChI=1S/C15H23BrN2O2/c1-9-5-4-6-10(9)14(18-17)11-7-8-12(19-2)13(16)15(11)20-3/h7-10,14,18H,4-6,17H2,1-3H3. The monoisotopic (exact) mass is 342 g/mol. The van der Waals surface area contributed by atoms with Crippen molar-refractivity contribution in [3.8, 4) is 11.5 Å². The third-order valence-electron chi connectivity index (χ3n) is 4.39. The Labute approximate surface area is 129 Å². The van der Waals surface area contributed by atoms with E-state index in [9.17, 15) is 0 Å². The number of nitrogens with two attached hydrogens (primary N) is 1. The summed E-state index contributed by atoms with van der Waals surface area (Å²) in [5.74, 6) is 8.61. The largest absolute Gasteiger partial charge is 0.495 e. The molecule has 1 aliphatic rings. The summed E-state index contributed by atoms with van der Waals surface area (Å²) in [4.78, 5) is 0. The van der Waals surface area contributed by atoms with E-state index >= 15 is 0 Å². The molecule has 0 spiro atoms. The maximum absolute atomic E-state index is 5.84. The van der Waals surface area contributed by atoms with Crippen LogP contribution in [0.1, 0.15) is 37.8 Å². The van der Waals surface area contributed by atoms with Gasteiger partial charge in [0.25, 0.3) is 0 Å². The van der Waals surface area contributed by atoms with Crippen LogP contribution < -0.4 is 20.7 Å². The number of methoxy groups -OCH3 is 2. The molecule has 0 heterocycles. The normalized spacial score (nSPS) is 23.6. The van der Waals surface area contributed by atoms with Gasteiger partial charge in [-0.25, -0.2) is 0 Å². The highest BCUT2D eigenvalue weighted by atomic mass is 79.9. The summed E-state index contributed by atoms with van der Waals surface area (Å²) in [6.45, 7) is 2.30. The Bertz CT molecular complexity index is 467. The molecule has 0 aromatic heterocycles. The highest BCUT2D eigenvalue weighted by molar-refractivity contribution is 9.10. The van der Waals surface area contributed by atoms with Crippen LogP contribution in [-0.2, 0) is 0 Å². The summed E-state index contributed by atoms with van der Waals surface area (Å²) in [5, 5.41) is 0. The van der Waals surface area contributed by atoms with Gasteiger partial charge in [0, 0.05) is 5.56 Å². The van der Waals surface area contributed by atoms with Crippen molar-refractivity contribution >= 4 is 15.9 Å². The molecule has 1 aromatic carbocycles. The fourth-order valence-electron chi connectivity index (χ4n) is 3.28. The smallest absolute Gasteiger partial charge is 0.141 e. The van der Waals surface area contributed by atoms with Crippen molar-refractivity contribution in [1.82, 2.24) is 5.43 Å². The third-order valence-corrected chi connectivity index (χ3v) is 5.14. The van der Waals surface area contributed by atoms with Crippen LogP contribution >= 0.6 is 15.9 Å². The molecule has 0 amide bonds. The number of nitrogens with one attached hydrogen (secondary N) is 1. The average Bonchev–Trinajstić information content (AvgIpc) is 2.86. The van der Waals surface area contributed by atoms with Gasteiger partial charge in [-0.3, -0.25) is 11.3 Å². The Kier molecular flexibility index (Phi) is 5.29. The number of hydrazine groups is 1. The fraction of sp³-hybridized carbons (Fsp3) is 0.600. The number of benzene rings is 1. The van der Waals surface area contributed by atoms with Gasteiger partial charge in [-0.05, 0) is 46.3 Å². The molecule has 5 heteroatoms. The first-order valence-corrected chi connectivity index (χ1v) is 7.79. The van der Waals surface area contributed by atoms with Gasteiger partial charge in [0.15, 0.2) is 0 Å². The molecule has 112 valence electrons. The molecule has 3 atom stereocenters. The summed E-state index contributed by atoms with van der Waals surface area (Å²) in [5.41, 5.74) is 4.07. The fourth-order valence-corrected chi connectivity index (χ4v) is 3.96. The van der Waals surface area contributed by atoms with Crippen LogP contribution in [0.4, 0.5) is 0 Å². The highest BCUT2D eigenvalue weighted by Gasteiger charge is 2.33. The van der Waals surface area contributed by atoms with Gasteiger partial charge in [0.05, 0.1) is 20.3 Å². The zero-order valence-electron chi connectivity index (χ0n) is 12.3. The van der Waals surface area contributed by atoms with Gasteiger partial charge in [0.1, 0.15) is 16.0 Å². The van der Waals surface area contributed by atoms with E-state index < -0.39 is 0 Å². The molecule has 1 aliphatic carbocycles. The zero-order valence-corrected chi connectivity index (χ0v) is 13.9. The maximum Gasteiger partial charge on any atom is 0.141 e. The van der Waals surface area contributed by atoms with E-state index in [4.69, 9.17) is 15.3 Å². The van der Waals surface area contributed by atoms with Gasteiger partial charge in [-0.15, -0.1) is 0 Å². The van der Waals surface area contributed by atoms with Crippen molar-refractivity contribution in [3.63, 3.8) is 0 Å². The molecule has 3 N–H and O–H groups in total. The van der Waals surface area contributed by atoms with E-state index in [0.717, 1.165) is 21.5 Å². The van der Waals surface area contributed by atoms with Crippen LogP contribution in [0.15, 0.2) is 16.6 Å². The summed E-state index contributed by atoms with van der Waals surface area (Å²) >= 11 is 3.56. The van der Waals surface area contributed by atoms with Crippen LogP contribution in [0.5, 0.6) is 11.5 Å². The van der Waals surface area contributed by atoms with E-state index in [-0.39, 0.29) is 6.04 Å². The number of ether oxygens (including phenoxy) is 2. The first-order valence-electron chi connectivity index (χ1n) is 7.00. The second-order valence-electron chi connectivity index (χ2n) is 5.42. The molecule has 0 saturated heterocycles. The summed E-state index contributed by atoms with van der Waals surface area (Å²) < 4.78 is 11.7. The molecular weight excluding hydrogens is 320 g/mol. The van der Waals surface area contributed by atoms with Gasteiger partial charge in [-0.1, -0.05) is 19.8 Å². The van der Waals surface area contributed by atoms with Crippen molar-refractivity contribution in [2.75, 3.05) is 14.2 Å². The molecule has 2 rings (SSSR count). The predicted molar refractivity (Wildman–Crippen MR) is 83.8 cm³/mol. The minimum absolute atomic E-state index is 0.102. The van der Waals surface area contributed by atoms with E-state index in [0.29, 0.717) is 11.8 Å². The van der Waals surface area contributed by atoms with E-state index in [1.807, 2.05) is 12.1 Å². The van der Waals surface area contributed by atoms with Crippen molar-refractivity contribution in [3.05, 3.63) is 22.2 Å². The second kappa shape index (κ2) is 6.78. The number of rotatable bonds is 5. The summed E-state index contributed by atoms with van der Waals surface area (Å²) in [6.07, 6.45) is 3.73. The van der Waals surface area contributed by atoms with Crippen molar-refractivity contribution in [1.29, 1.82) is 0 Å². The minimum Gasteiger partial charge on any atom is -0.495 e. The molecule has 1 aromatic rings. The van der Waals surface area contributed by atoms with Gasteiger partial charge in [0.2, 0.25) is 0 Å². The van der Waals surface area contributed by atoms with Crippen LogP contribution in [0.2, 0.25) is 0 Å². The quantitative estimate of drug-likeness (QED) is 0.635. The minimum atomic E-state index is 0.102. The second-order valence-corrected chi connectivity index (χ2v) is 6.21. The van der Waals surface area contributed by atoms with Crippen molar-refractivity contribution in [2.24, 2.45) is 17.7 Å². The Morgan fingerprint density at radius 2 is 2.05 bits per heavy atom. The molecule has 4 nitrogen and oxygen atoms in total. The SMILES string of the molecule is COc1ccc(C(NN)C2CCCC2C)c(OC)c1Br. The lowest BCUT2D eigenvalue weighted by atomic mass is 9.86. The molecule has 0 aliphatic heterocycles. The highest BCUT2D eigenvalue weighted by Crippen LogP contribution is 2.45. The van der Waals surface area contributed by atoms with Gasteiger partial charge >= 0.3 is 0 Å². The molecule has 3 unspecified atom stereocenters. The van der Waals surface area contributed by atoms with Crippen LogP contribution in [0, 0.1) is 11.8 Å². The van der Waals surface area contributed by atoms with Gasteiger partial charge < -0.3 is 9.47 Å². The lowest BCUT2D eigenvalue weighted by Crippen LogP contribution is -2.35. The van der Waals surface area contributed by atoms with Crippen LogP contribution in [0.25, 0.3) is 0 Å². The molecule has 1 fully saturated rings. The first kappa shape index (κ1) is 15.6. The average molecular weight is 343 g/mol. The molecule has 1 saturated carbocycles. The lowest BCUT2D eigenvalue weighted by molar-refractivity contribution is 0.293. The van der Waals surface area contributed by atoms with Crippen LogP contribution in [0.3, 0.4) is 0 Å². The summed E-state index contributed by atoms with van der Waals surface area (Å²) in [6, 6.07) is 4.09. The Hall–Kier alpha value is -0.780. The van der Waals surface area contributed by atoms with Crippen LogP contribution in [-0.4, -0.2) is 14.2 Å². The molecular formula is C15H23BrN2O2. The number of halogens is 1. The first-order chi connectivity index (χ1) is 9.63. The third kappa shape index (κ3) is 2.80. The molecule has 20 heavy (non-hydrogen) atoms. The molecule has 0 radical (unpaired) electrons. The lowest BCUT2D eigenvalue weighted by Gasteiger charge is -2.28. The Morgan fingerprint density at radius 1 is 1.30 bits per heavy atom. The van der Waals surface area contributed by atoms with Crippen molar-refractivity contribution in [2.45, 2.75) is 32.2 Å².